The third-order valence-corrected chi connectivity index (χ3v) is 12.6. The van der Waals surface area contributed by atoms with Crippen molar-refractivity contribution in [3.8, 4) is 23.0 Å². The Morgan fingerprint density at radius 2 is 1.34 bits per heavy atom. The normalized spacial score (nSPS) is 29.5. The molecule has 4 heterocycles. The van der Waals surface area contributed by atoms with Crippen LogP contribution in [0.4, 0.5) is 0 Å². The average molecular weight is 977 g/mol. The number of nitrogens with one attached hydrogen (secondary N) is 3. The summed E-state index contributed by atoms with van der Waals surface area (Å²) in [6.45, 7) is 4.48. The van der Waals surface area contributed by atoms with Crippen LogP contribution in [0.2, 0.25) is 0 Å². The Kier molecular flexibility index (Phi) is 16.7. The number of benzene rings is 3. The molecule has 0 spiro atoms. The molecule has 7 N–H and O–H groups in total. The lowest BCUT2D eigenvalue weighted by Gasteiger charge is -2.40. The molecule has 3 aromatic carbocycles. The monoisotopic (exact) mass is 976 g/mol. The van der Waals surface area contributed by atoms with E-state index in [4.69, 9.17) is 23.7 Å². The van der Waals surface area contributed by atoms with Crippen molar-refractivity contribution < 1.29 is 77.7 Å². The Balaban J connectivity index is 1.46. The highest BCUT2D eigenvalue weighted by atomic mass is 16.7. The molecule has 6 amide bonds. The van der Waals surface area contributed by atoms with Gasteiger partial charge in [0.1, 0.15) is 66.1 Å². The van der Waals surface area contributed by atoms with Crippen LogP contribution < -0.4 is 30.2 Å². The number of nitrogens with zero attached hydrogens (tertiary/aromatic N) is 3. The fraction of sp³-hybridized carbons (Fsp3) is 0.479. The minimum atomic E-state index is -1.81. The van der Waals surface area contributed by atoms with Crippen LogP contribution in [0.1, 0.15) is 50.5 Å². The quantitative estimate of drug-likeness (QED) is 0.141. The van der Waals surface area contributed by atoms with Crippen LogP contribution in [0.3, 0.4) is 0 Å². The van der Waals surface area contributed by atoms with Gasteiger partial charge in [-0.05, 0) is 73.9 Å². The van der Waals surface area contributed by atoms with E-state index in [-0.39, 0.29) is 35.7 Å². The van der Waals surface area contributed by atoms with Crippen LogP contribution in [0.5, 0.6) is 23.0 Å². The lowest BCUT2D eigenvalue weighted by molar-refractivity contribution is -0.277. The van der Waals surface area contributed by atoms with E-state index in [1.807, 2.05) is 0 Å². The molecule has 22 nitrogen and oxygen atoms in total. The smallest absolute Gasteiger partial charge is 0.303 e. The van der Waals surface area contributed by atoms with Gasteiger partial charge in [0, 0.05) is 40.9 Å². The van der Waals surface area contributed by atoms with Crippen molar-refractivity contribution >= 4 is 41.4 Å². The maximum atomic E-state index is 15.2. The van der Waals surface area contributed by atoms with E-state index in [1.54, 1.807) is 48.5 Å². The lowest BCUT2D eigenvalue weighted by Crippen LogP contribution is -2.62. The summed E-state index contributed by atoms with van der Waals surface area (Å²) in [5, 5.41) is 49.3. The van der Waals surface area contributed by atoms with Gasteiger partial charge < -0.3 is 74.8 Å². The summed E-state index contributed by atoms with van der Waals surface area (Å²) in [4.78, 5) is 103. The summed E-state index contributed by atoms with van der Waals surface area (Å²) >= 11 is 0. The molecule has 3 aromatic rings. The van der Waals surface area contributed by atoms with Gasteiger partial charge in [-0.3, -0.25) is 33.6 Å². The lowest BCUT2D eigenvalue weighted by atomic mass is 9.96. The first-order valence-corrected chi connectivity index (χ1v) is 22.5. The van der Waals surface area contributed by atoms with E-state index in [0.29, 0.717) is 16.9 Å². The van der Waals surface area contributed by atoms with Crippen molar-refractivity contribution in [2.24, 2.45) is 0 Å². The number of rotatable bonds is 7. The molecule has 22 heteroatoms. The molecular formula is C48H60N6O16. The second-order valence-electron chi connectivity index (χ2n) is 17.6. The minimum absolute atomic E-state index is 0.00601. The Hall–Kier alpha value is -6.85. The fourth-order valence-corrected chi connectivity index (χ4v) is 8.43. The molecule has 7 rings (SSSR count). The molecule has 378 valence electrons. The zero-order valence-corrected chi connectivity index (χ0v) is 39.9. The molecule has 12 atom stereocenters. The fourth-order valence-electron chi connectivity index (χ4n) is 8.43. The Morgan fingerprint density at radius 3 is 1.96 bits per heavy atom. The SMILES string of the molecule is COc1ccc(C[C@H]2C(=O)N[C@@H](C)C(=O)N(C)[C@H]3Cc4ccc(cc4)Oc4cc(ccc4O[C@@H]4O[C@H](CO)[C@@H](O)[C@H](O)[C@H]4O)[C@H](OC(C)=O)[C@@H](C(=O)N[C@H](C)C(=O)N[C@@H](C)C(=O)N2C)N(C)C3=O)cc1. The molecule has 0 aromatic heterocycles. The van der Waals surface area contributed by atoms with Crippen LogP contribution in [0.25, 0.3) is 0 Å². The number of fused-ring (bicyclic) bond motifs is 2. The molecule has 0 radical (unpaired) electrons. The van der Waals surface area contributed by atoms with Gasteiger partial charge in [0.2, 0.25) is 41.7 Å². The van der Waals surface area contributed by atoms with Gasteiger partial charge in [-0.15, -0.1) is 0 Å². The van der Waals surface area contributed by atoms with Crippen molar-refractivity contribution in [3.63, 3.8) is 0 Å². The zero-order valence-electron chi connectivity index (χ0n) is 39.9. The van der Waals surface area contributed by atoms with Gasteiger partial charge in [0.15, 0.2) is 23.6 Å². The summed E-state index contributed by atoms with van der Waals surface area (Å²) < 4.78 is 29.0. The van der Waals surface area contributed by atoms with E-state index in [9.17, 15) is 49.2 Å². The summed E-state index contributed by atoms with van der Waals surface area (Å²) in [7, 11) is 5.50. The molecule has 6 bridgehead atoms. The van der Waals surface area contributed by atoms with Crippen LogP contribution in [0, 0.1) is 0 Å². The van der Waals surface area contributed by atoms with E-state index in [0.717, 1.165) is 21.6 Å². The summed E-state index contributed by atoms with van der Waals surface area (Å²) in [6, 6.07) is 8.83. The van der Waals surface area contributed by atoms with E-state index < -0.39 is 121 Å². The molecule has 0 aliphatic carbocycles. The number of aliphatic hydroxyl groups excluding tert-OH is 4. The first kappa shape index (κ1) is 52.5. The average Bonchev–Trinajstić information content (AvgIpc) is 3.33. The molecule has 0 unspecified atom stereocenters. The maximum absolute atomic E-state index is 15.2. The van der Waals surface area contributed by atoms with Crippen LogP contribution in [0.15, 0.2) is 66.7 Å². The van der Waals surface area contributed by atoms with Crippen LogP contribution in [-0.2, 0) is 55.9 Å². The van der Waals surface area contributed by atoms with Crippen molar-refractivity contribution in [2.75, 3.05) is 34.9 Å². The molecule has 4 aliphatic rings. The highest BCUT2D eigenvalue weighted by Gasteiger charge is 2.46. The van der Waals surface area contributed by atoms with Crippen molar-refractivity contribution in [3.05, 3.63) is 83.4 Å². The molecule has 4 aliphatic heterocycles. The third-order valence-electron chi connectivity index (χ3n) is 12.6. The zero-order chi connectivity index (χ0) is 51.3. The van der Waals surface area contributed by atoms with Gasteiger partial charge in [0.05, 0.1) is 13.7 Å². The number of aliphatic hydroxyl groups is 4. The largest absolute Gasteiger partial charge is 0.497 e. The number of carbonyl (C=O) groups is 7. The summed E-state index contributed by atoms with van der Waals surface area (Å²) in [6.07, 6.45) is -10.1. The first-order valence-electron chi connectivity index (χ1n) is 22.5. The van der Waals surface area contributed by atoms with Crippen LogP contribution in [-0.4, -0.2) is 178 Å². The molecule has 2 fully saturated rings. The number of hydrogen-bond acceptors (Lipinski definition) is 16. The van der Waals surface area contributed by atoms with Crippen molar-refractivity contribution in [1.82, 2.24) is 30.7 Å². The van der Waals surface area contributed by atoms with Crippen molar-refractivity contribution in [2.45, 2.75) is 114 Å². The number of carbonyl (C=O) groups excluding carboxylic acids is 7. The minimum Gasteiger partial charge on any atom is -0.497 e. The Morgan fingerprint density at radius 1 is 0.729 bits per heavy atom. The number of ether oxygens (including phenoxy) is 5. The molecular weight excluding hydrogens is 917 g/mol. The van der Waals surface area contributed by atoms with Crippen LogP contribution >= 0.6 is 0 Å². The number of likely N-dealkylation sites (N-methyl/N-ethyl adjacent to an activating group) is 3. The van der Waals surface area contributed by atoms with Gasteiger partial charge in [-0.1, -0.05) is 30.3 Å². The Labute approximate surface area is 403 Å². The third kappa shape index (κ3) is 11.6. The van der Waals surface area contributed by atoms with Gasteiger partial charge >= 0.3 is 5.97 Å². The standard InChI is InChI=1S/C48H60N6O16/c1-23-42(60)50-24(2)45(63)52(5)32(19-27-9-14-30(66-8)15-10-27)43(61)51-25(3)46(64)53(6)33-20-28-11-16-31(17-12-28)68-35-21-29(41(67-26(4)56)37(44(62)49-23)54(7)47(33)65)13-18-34(35)69-48-40(59)39(58)38(57)36(22-55)70-48/h9-18,21,23-25,32-33,36-41,48,55,57-59H,19-20,22H2,1-8H3,(H,49,62)(H,50,60)(H,51,61)/t23-,24+,25+,32+,33+,36-,37+,38-,39+,40-,41+,48-/m1/s1. The molecule has 70 heavy (non-hydrogen) atoms. The van der Waals surface area contributed by atoms with Gasteiger partial charge in [-0.2, -0.15) is 0 Å². The number of amides is 6. The topological polar surface area (TPSA) is 292 Å². The number of methoxy groups -OCH3 is 1. The van der Waals surface area contributed by atoms with E-state index >= 15 is 4.79 Å². The first-order chi connectivity index (χ1) is 33.1. The summed E-state index contributed by atoms with van der Waals surface area (Å²) in [5.74, 6) is -5.16. The maximum Gasteiger partial charge on any atom is 0.303 e. The predicted molar refractivity (Wildman–Crippen MR) is 245 cm³/mol. The number of hydrogen-bond donors (Lipinski definition) is 7. The second-order valence-corrected chi connectivity index (χ2v) is 17.6. The van der Waals surface area contributed by atoms with Crippen molar-refractivity contribution in [1.29, 1.82) is 0 Å². The Bertz CT molecular complexity index is 2420. The molecule has 2 saturated heterocycles. The molecule has 0 saturated carbocycles. The van der Waals surface area contributed by atoms with Gasteiger partial charge in [0.25, 0.3) is 0 Å². The number of esters is 1. The second kappa shape index (κ2) is 22.3. The summed E-state index contributed by atoms with van der Waals surface area (Å²) in [5.41, 5.74) is 1.17. The van der Waals surface area contributed by atoms with E-state index in [1.165, 1.54) is 67.2 Å². The highest BCUT2D eigenvalue weighted by Crippen LogP contribution is 2.39. The van der Waals surface area contributed by atoms with E-state index in [2.05, 4.69) is 16.0 Å². The predicted octanol–water partition coefficient (Wildman–Crippen LogP) is -0.922. The van der Waals surface area contributed by atoms with Gasteiger partial charge in [-0.25, -0.2) is 0 Å². The highest BCUT2D eigenvalue weighted by molar-refractivity contribution is 5.98.